The van der Waals surface area contributed by atoms with Crippen LogP contribution >= 0.6 is 31.9 Å². The molecule has 0 aliphatic heterocycles. The molecule has 4 rings (SSSR count). The Morgan fingerprint density at radius 2 is 1.14 bits per heavy atom. The van der Waals surface area contributed by atoms with E-state index >= 15 is 0 Å². The molecular weight excluding hydrogens is 400 g/mol. The van der Waals surface area contributed by atoms with Crippen LogP contribution in [0, 0.1) is 11.8 Å². The Kier molecular flexibility index (Phi) is 3.56. The van der Waals surface area contributed by atoms with Crippen molar-refractivity contribution in [3.05, 3.63) is 78.7 Å². The Labute approximate surface area is 147 Å². The van der Waals surface area contributed by atoms with E-state index in [-0.39, 0.29) is 0 Å². The Balaban J connectivity index is 1.57. The Morgan fingerprint density at radius 1 is 0.682 bits per heavy atom. The van der Waals surface area contributed by atoms with Crippen LogP contribution in [0.4, 0.5) is 0 Å². The normalized spacial score (nSPS) is 14.6. The third kappa shape index (κ3) is 2.72. The number of benzene rings is 2. The summed E-state index contributed by atoms with van der Waals surface area (Å²) in [5.41, 5.74) is 7.69. The van der Waals surface area contributed by atoms with E-state index in [4.69, 9.17) is 0 Å². The van der Waals surface area contributed by atoms with Crippen LogP contribution in [0.1, 0.15) is 22.3 Å². The van der Waals surface area contributed by atoms with Crippen LogP contribution in [0.25, 0.3) is 12.2 Å². The maximum atomic E-state index is 3.52. The van der Waals surface area contributed by atoms with Crippen LogP contribution in [0.15, 0.2) is 56.5 Å². The summed E-state index contributed by atoms with van der Waals surface area (Å²) in [6, 6.07) is 12.9. The maximum absolute atomic E-state index is 3.52. The van der Waals surface area contributed by atoms with Gasteiger partial charge in [0.15, 0.2) is 0 Å². The molecule has 0 atom stereocenters. The van der Waals surface area contributed by atoms with Crippen molar-refractivity contribution in [3.63, 3.8) is 0 Å². The van der Waals surface area contributed by atoms with Crippen molar-refractivity contribution in [1.29, 1.82) is 0 Å². The minimum Gasteiger partial charge on any atom is -0.0661 e. The van der Waals surface area contributed by atoms with E-state index < -0.39 is 0 Å². The molecule has 22 heavy (non-hydrogen) atoms. The van der Waals surface area contributed by atoms with Gasteiger partial charge in [-0.2, -0.15) is 0 Å². The average molecular weight is 412 g/mol. The van der Waals surface area contributed by atoms with Gasteiger partial charge >= 0.3 is 0 Å². The second-order valence-corrected chi connectivity index (χ2v) is 7.46. The highest BCUT2D eigenvalue weighted by atomic mass is 79.9. The molecule has 0 nitrogen and oxygen atoms in total. The average Bonchev–Trinajstić information content (AvgIpc) is 3.07. The Hall–Kier alpha value is -1.56. The summed E-state index contributed by atoms with van der Waals surface area (Å²) in [6.07, 6.45) is 6.29. The molecule has 0 aromatic heterocycles. The monoisotopic (exact) mass is 410 g/mol. The lowest BCUT2D eigenvalue weighted by Gasteiger charge is -1.97. The molecule has 0 amide bonds. The van der Waals surface area contributed by atoms with E-state index in [9.17, 15) is 0 Å². The summed E-state index contributed by atoms with van der Waals surface area (Å²) < 4.78 is 2.24. The molecule has 2 aromatic carbocycles. The van der Waals surface area contributed by atoms with Gasteiger partial charge in [-0.15, -0.1) is 0 Å². The fourth-order valence-corrected chi connectivity index (χ4v) is 3.69. The second-order valence-electron chi connectivity index (χ2n) is 5.63. The molecule has 2 heteroatoms. The fraction of sp³-hybridized carbons (Fsp3) is 0.100. The number of allylic oxidation sites excluding steroid dienone is 2. The third-order valence-electron chi connectivity index (χ3n) is 4.02. The van der Waals surface area contributed by atoms with Crippen molar-refractivity contribution in [2.45, 2.75) is 12.8 Å². The van der Waals surface area contributed by atoms with Crippen molar-refractivity contribution < 1.29 is 0 Å². The molecule has 106 valence electrons. The van der Waals surface area contributed by atoms with Gasteiger partial charge in [0.25, 0.3) is 0 Å². The van der Waals surface area contributed by atoms with Crippen LogP contribution in [-0.4, -0.2) is 0 Å². The molecule has 0 heterocycles. The molecule has 0 bridgehead atoms. The predicted molar refractivity (Wildman–Crippen MR) is 99.4 cm³/mol. The summed E-state index contributed by atoms with van der Waals surface area (Å²) in [4.78, 5) is 0. The van der Waals surface area contributed by atoms with Crippen molar-refractivity contribution in [2.24, 2.45) is 0 Å². The zero-order valence-electron chi connectivity index (χ0n) is 11.8. The van der Waals surface area contributed by atoms with E-state index in [0.29, 0.717) is 0 Å². The lowest BCUT2D eigenvalue weighted by atomic mass is 10.1. The van der Waals surface area contributed by atoms with E-state index in [0.717, 1.165) is 21.8 Å². The number of fused-ring (bicyclic) bond motifs is 2. The highest BCUT2D eigenvalue weighted by Crippen LogP contribution is 2.29. The molecule has 0 spiro atoms. The number of hydrogen-bond acceptors (Lipinski definition) is 0. The lowest BCUT2D eigenvalue weighted by molar-refractivity contribution is 1.25. The highest BCUT2D eigenvalue weighted by molar-refractivity contribution is 9.10. The van der Waals surface area contributed by atoms with Crippen LogP contribution in [0.3, 0.4) is 0 Å². The zero-order valence-corrected chi connectivity index (χ0v) is 15.0. The minimum absolute atomic E-state index is 0.946. The predicted octanol–water partition coefficient (Wildman–Crippen LogP) is 5.79. The SMILES string of the molecule is Brc1ccc2c(c1)C=C(C#CC1=Cc3cc(Br)ccc3C1)C2. The first-order valence-corrected chi connectivity index (χ1v) is 8.76. The minimum atomic E-state index is 0.946. The molecular formula is C20H12Br2. The summed E-state index contributed by atoms with van der Waals surface area (Å²) in [5.74, 6) is 6.71. The summed E-state index contributed by atoms with van der Waals surface area (Å²) in [5, 5.41) is 0. The van der Waals surface area contributed by atoms with Crippen LogP contribution in [0.2, 0.25) is 0 Å². The Bertz CT molecular complexity index is 832. The summed E-state index contributed by atoms with van der Waals surface area (Å²) >= 11 is 7.04. The van der Waals surface area contributed by atoms with Gasteiger partial charge < -0.3 is 0 Å². The van der Waals surface area contributed by atoms with Crippen LogP contribution < -0.4 is 0 Å². The van der Waals surface area contributed by atoms with Gasteiger partial charge in [0.1, 0.15) is 0 Å². The number of rotatable bonds is 0. The van der Waals surface area contributed by atoms with Crippen LogP contribution in [-0.2, 0) is 12.8 Å². The van der Waals surface area contributed by atoms with Crippen molar-refractivity contribution in [3.8, 4) is 11.8 Å². The van der Waals surface area contributed by atoms with Gasteiger partial charge in [0, 0.05) is 32.9 Å². The topological polar surface area (TPSA) is 0 Å². The van der Waals surface area contributed by atoms with E-state index in [1.165, 1.54) is 33.4 Å². The Morgan fingerprint density at radius 3 is 1.59 bits per heavy atom. The van der Waals surface area contributed by atoms with E-state index in [1.54, 1.807) is 0 Å². The number of halogens is 2. The highest BCUT2D eigenvalue weighted by Gasteiger charge is 2.13. The maximum Gasteiger partial charge on any atom is 0.0181 e. The first-order valence-electron chi connectivity index (χ1n) is 7.17. The standard InChI is InChI=1S/C20H12Br2/c21-19-5-3-15-7-13(9-17(15)11-19)1-2-14-8-16-4-6-20(22)12-18(16)10-14/h3-6,9-12H,7-8H2. The van der Waals surface area contributed by atoms with Crippen molar-refractivity contribution >= 4 is 44.0 Å². The first-order chi connectivity index (χ1) is 10.7. The van der Waals surface area contributed by atoms with Gasteiger partial charge in [-0.1, -0.05) is 55.8 Å². The van der Waals surface area contributed by atoms with Crippen molar-refractivity contribution in [1.82, 2.24) is 0 Å². The second kappa shape index (κ2) is 5.57. The fourth-order valence-electron chi connectivity index (χ4n) is 2.93. The molecule has 2 aliphatic carbocycles. The van der Waals surface area contributed by atoms with Gasteiger partial charge in [0.05, 0.1) is 0 Å². The summed E-state index contributed by atoms with van der Waals surface area (Å²) in [6.45, 7) is 0. The molecule has 2 aliphatic rings. The largest absolute Gasteiger partial charge is 0.0661 e. The first kappa shape index (κ1) is 14.1. The number of hydrogen-bond donors (Lipinski definition) is 0. The smallest absolute Gasteiger partial charge is 0.0181 e. The zero-order chi connectivity index (χ0) is 15.1. The van der Waals surface area contributed by atoms with E-state index in [1.807, 2.05) is 0 Å². The quantitative estimate of drug-likeness (QED) is 0.481. The molecule has 0 saturated heterocycles. The summed E-state index contributed by atoms with van der Waals surface area (Å²) in [7, 11) is 0. The van der Waals surface area contributed by atoms with Gasteiger partial charge in [-0.25, -0.2) is 0 Å². The molecule has 0 N–H and O–H groups in total. The van der Waals surface area contributed by atoms with Gasteiger partial charge in [-0.05, 0) is 58.7 Å². The van der Waals surface area contributed by atoms with E-state index in [2.05, 4.69) is 92.3 Å². The van der Waals surface area contributed by atoms with Gasteiger partial charge in [0.2, 0.25) is 0 Å². The third-order valence-corrected chi connectivity index (χ3v) is 5.01. The van der Waals surface area contributed by atoms with Crippen LogP contribution in [0.5, 0.6) is 0 Å². The molecule has 0 unspecified atom stereocenters. The molecule has 0 radical (unpaired) electrons. The molecule has 0 fully saturated rings. The van der Waals surface area contributed by atoms with Crippen molar-refractivity contribution in [2.75, 3.05) is 0 Å². The molecule has 2 aromatic rings. The molecule has 0 saturated carbocycles. The lowest BCUT2D eigenvalue weighted by Crippen LogP contribution is -1.84. The van der Waals surface area contributed by atoms with Gasteiger partial charge in [-0.3, -0.25) is 0 Å².